The van der Waals surface area contributed by atoms with Gasteiger partial charge in [0, 0.05) is 33.3 Å². The van der Waals surface area contributed by atoms with E-state index >= 15 is 0 Å². The number of methoxy groups -OCH3 is 1. The molecule has 0 radical (unpaired) electrons. The van der Waals surface area contributed by atoms with Crippen LogP contribution in [0.3, 0.4) is 0 Å². The second-order valence-electron chi connectivity index (χ2n) is 5.09. The monoisotopic (exact) mass is 304 g/mol. The molecule has 1 aliphatic rings. The zero-order valence-corrected chi connectivity index (χ0v) is 12.1. The number of hydrogen-bond acceptors (Lipinski definition) is 5. The fourth-order valence-corrected chi connectivity index (χ4v) is 2.50. The fraction of sp³-hybridized carbons (Fsp3) is 0.692. The Kier molecular flexibility index (Phi) is 4.87. The minimum absolute atomic E-state index is 0.168. The lowest BCUT2D eigenvalue weighted by Crippen LogP contribution is -2.38. The van der Waals surface area contributed by atoms with E-state index in [1.54, 1.807) is 13.2 Å². The number of alkyl halides is 3. The lowest BCUT2D eigenvalue weighted by atomic mass is 9.99. The zero-order valence-electron chi connectivity index (χ0n) is 12.1. The van der Waals surface area contributed by atoms with Crippen molar-refractivity contribution in [2.75, 3.05) is 44.1 Å². The van der Waals surface area contributed by atoms with Crippen LogP contribution in [-0.4, -0.2) is 43.8 Å². The highest BCUT2D eigenvalue weighted by molar-refractivity contribution is 5.49. The van der Waals surface area contributed by atoms with E-state index in [1.165, 1.54) is 7.05 Å². The summed E-state index contributed by atoms with van der Waals surface area (Å²) in [5.41, 5.74) is 0. The topological polar surface area (TPSA) is 50.3 Å². The summed E-state index contributed by atoms with van der Waals surface area (Å²) in [6, 6.07) is 1.55. The molecule has 0 saturated carbocycles. The number of nitrogens with one attached hydrogen (secondary N) is 1. The molecule has 118 valence electrons. The fourth-order valence-electron chi connectivity index (χ4n) is 2.50. The van der Waals surface area contributed by atoms with Gasteiger partial charge in [-0.05, 0) is 18.8 Å². The van der Waals surface area contributed by atoms with Gasteiger partial charge in [0.05, 0.1) is 6.61 Å². The second-order valence-corrected chi connectivity index (χ2v) is 5.09. The number of anilines is 2. The molecule has 0 aromatic carbocycles. The van der Waals surface area contributed by atoms with Gasteiger partial charge >= 0.3 is 6.18 Å². The van der Waals surface area contributed by atoms with Crippen LogP contribution in [0.4, 0.5) is 24.8 Å². The van der Waals surface area contributed by atoms with Crippen LogP contribution in [0.25, 0.3) is 0 Å². The van der Waals surface area contributed by atoms with Crippen molar-refractivity contribution in [2.45, 2.75) is 19.0 Å². The average molecular weight is 304 g/mol. The third-order valence-corrected chi connectivity index (χ3v) is 3.47. The van der Waals surface area contributed by atoms with Crippen LogP contribution in [0, 0.1) is 5.92 Å². The summed E-state index contributed by atoms with van der Waals surface area (Å²) in [4.78, 5) is 9.02. The van der Waals surface area contributed by atoms with Gasteiger partial charge in [-0.15, -0.1) is 0 Å². The Hall–Kier alpha value is -1.57. The number of rotatable bonds is 4. The van der Waals surface area contributed by atoms with Crippen LogP contribution >= 0.6 is 0 Å². The number of aromatic nitrogens is 2. The Bertz CT molecular complexity index is 479. The van der Waals surface area contributed by atoms with Crippen LogP contribution < -0.4 is 10.2 Å². The normalized spacial score (nSPS) is 19.7. The minimum Gasteiger partial charge on any atom is -0.384 e. The van der Waals surface area contributed by atoms with E-state index in [0.717, 1.165) is 12.8 Å². The van der Waals surface area contributed by atoms with Crippen LogP contribution in [0.15, 0.2) is 6.07 Å². The molecule has 1 unspecified atom stereocenters. The summed E-state index contributed by atoms with van der Waals surface area (Å²) in [6.45, 7) is 1.94. The highest BCUT2D eigenvalue weighted by Gasteiger charge is 2.36. The van der Waals surface area contributed by atoms with Gasteiger partial charge in [0.1, 0.15) is 11.6 Å². The molecule has 1 aliphatic heterocycles. The molecule has 0 bridgehead atoms. The van der Waals surface area contributed by atoms with Crippen LogP contribution in [0.1, 0.15) is 18.7 Å². The number of nitrogens with zero attached hydrogens (tertiary/aromatic N) is 3. The Balaban J connectivity index is 2.25. The Morgan fingerprint density at radius 3 is 2.81 bits per heavy atom. The van der Waals surface area contributed by atoms with Crippen molar-refractivity contribution in [2.24, 2.45) is 5.92 Å². The van der Waals surface area contributed by atoms with E-state index < -0.39 is 12.0 Å². The van der Waals surface area contributed by atoms with Gasteiger partial charge < -0.3 is 15.0 Å². The molecule has 2 rings (SSSR count). The highest BCUT2D eigenvalue weighted by atomic mass is 19.4. The molecule has 1 fully saturated rings. The maximum Gasteiger partial charge on any atom is 0.451 e. The Morgan fingerprint density at radius 2 is 2.19 bits per heavy atom. The average Bonchev–Trinajstić information content (AvgIpc) is 2.46. The molecule has 5 nitrogen and oxygen atoms in total. The van der Waals surface area contributed by atoms with E-state index in [-0.39, 0.29) is 5.82 Å². The van der Waals surface area contributed by atoms with Crippen molar-refractivity contribution in [3.63, 3.8) is 0 Å². The maximum atomic E-state index is 12.9. The summed E-state index contributed by atoms with van der Waals surface area (Å²) in [7, 11) is 3.17. The first-order chi connectivity index (χ1) is 9.94. The Morgan fingerprint density at radius 1 is 1.43 bits per heavy atom. The SMILES string of the molecule is CNc1cc(N2CCCC(COC)C2)nc(C(F)(F)F)n1. The molecule has 0 spiro atoms. The molecular formula is C13H19F3N4O. The lowest BCUT2D eigenvalue weighted by molar-refractivity contribution is -0.144. The van der Waals surface area contributed by atoms with Crippen molar-refractivity contribution in [3.8, 4) is 0 Å². The number of hydrogen-bond donors (Lipinski definition) is 1. The van der Waals surface area contributed by atoms with Gasteiger partial charge in [-0.1, -0.05) is 0 Å². The van der Waals surface area contributed by atoms with Gasteiger partial charge in [0.2, 0.25) is 5.82 Å². The van der Waals surface area contributed by atoms with Gasteiger partial charge in [-0.25, -0.2) is 9.97 Å². The number of piperidine rings is 1. The second kappa shape index (κ2) is 6.46. The maximum absolute atomic E-state index is 12.9. The summed E-state index contributed by atoms with van der Waals surface area (Å²) in [5, 5.41) is 2.65. The lowest BCUT2D eigenvalue weighted by Gasteiger charge is -2.33. The van der Waals surface area contributed by atoms with Crippen molar-refractivity contribution in [1.82, 2.24) is 9.97 Å². The van der Waals surface area contributed by atoms with Crippen LogP contribution in [0.2, 0.25) is 0 Å². The van der Waals surface area contributed by atoms with Crippen LogP contribution in [-0.2, 0) is 10.9 Å². The van der Waals surface area contributed by atoms with Gasteiger partial charge in [-0.2, -0.15) is 13.2 Å². The summed E-state index contributed by atoms with van der Waals surface area (Å²) in [6.07, 6.45) is -2.63. The van der Waals surface area contributed by atoms with E-state index in [9.17, 15) is 13.2 Å². The summed E-state index contributed by atoms with van der Waals surface area (Å²) >= 11 is 0. The largest absolute Gasteiger partial charge is 0.451 e. The molecule has 1 atom stereocenters. The molecular weight excluding hydrogens is 285 g/mol. The number of ether oxygens (including phenoxy) is 1. The molecule has 8 heteroatoms. The first-order valence-electron chi connectivity index (χ1n) is 6.82. The summed E-state index contributed by atoms with van der Waals surface area (Å²) in [5.74, 6) is -0.326. The standard InChI is InChI=1S/C13H19F3N4O/c1-17-10-6-11(19-12(18-10)13(14,15)16)20-5-3-4-9(7-20)8-21-2/h6,9H,3-5,7-8H2,1-2H3,(H,17,18,19). The third kappa shape index (κ3) is 3.96. The first-order valence-corrected chi connectivity index (χ1v) is 6.82. The smallest absolute Gasteiger partial charge is 0.384 e. The van der Waals surface area contributed by atoms with E-state index in [2.05, 4.69) is 15.3 Å². The van der Waals surface area contributed by atoms with Crippen molar-refractivity contribution >= 4 is 11.6 Å². The predicted octanol–water partition coefficient (Wildman–Crippen LogP) is 2.40. The molecule has 1 aromatic rings. The third-order valence-electron chi connectivity index (χ3n) is 3.47. The predicted molar refractivity (Wildman–Crippen MR) is 73.4 cm³/mol. The molecule has 0 aliphatic carbocycles. The van der Waals surface area contributed by atoms with Crippen molar-refractivity contribution in [1.29, 1.82) is 0 Å². The van der Waals surface area contributed by atoms with Gasteiger partial charge in [0.25, 0.3) is 0 Å². The van der Waals surface area contributed by atoms with E-state index in [1.807, 2.05) is 4.90 Å². The summed E-state index contributed by atoms with van der Waals surface area (Å²) < 4.78 is 43.7. The molecule has 1 aromatic heterocycles. The van der Waals surface area contributed by atoms with Gasteiger partial charge in [-0.3, -0.25) is 0 Å². The van der Waals surface area contributed by atoms with Crippen molar-refractivity contribution < 1.29 is 17.9 Å². The molecule has 1 saturated heterocycles. The minimum atomic E-state index is -4.55. The molecule has 2 heterocycles. The quantitative estimate of drug-likeness (QED) is 0.925. The van der Waals surface area contributed by atoms with E-state index in [0.29, 0.717) is 31.4 Å². The van der Waals surface area contributed by atoms with Crippen molar-refractivity contribution in [3.05, 3.63) is 11.9 Å². The molecule has 21 heavy (non-hydrogen) atoms. The highest BCUT2D eigenvalue weighted by Crippen LogP contribution is 2.30. The van der Waals surface area contributed by atoms with E-state index in [4.69, 9.17) is 4.74 Å². The molecule has 1 N–H and O–H groups in total. The van der Waals surface area contributed by atoms with Gasteiger partial charge in [0.15, 0.2) is 0 Å². The number of halogens is 3. The zero-order chi connectivity index (χ0) is 15.5. The molecule has 0 amide bonds. The Labute approximate surface area is 121 Å². The first kappa shape index (κ1) is 15.8. The van der Waals surface area contributed by atoms with Crippen LogP contribution in [0.5, 0.6) is 0 Å².